The quantitative estimate of drug-likeness (QED) is 0.592. The van der Waals surface area contributed by atoms with Crippen LogP contribution in [0.4, 0.5) is 0 Å². The number of rotatable bonds is 10. The monoisotopic (exact) mass is 233 g/mol. The van der Waals surface area contributed by atoms with Crippen molar-refractivity contribution in [2.24, 2.45) is 5.92 Å². The summed E-state index contributed by atoms with van der Waals surface area (Å²) in [5.74, 6) is 0.549. The lowest BCUT2D eigenvalue weighted by atomic mass is 10.00. The summed E-state index contributed by atoms with van der Waals surface area (Å²) in [5.41, 5.74) is 0. The van der Waals surface area contributed by atoms with Crippen molar-refractivity contribution in [1.82, 2.24) is 5.32 Å². The molecule has 0 bridgehead atoms. The standard InChI is InChI=1S/C12H27NO3/c1-10(2)12(6-8-15-3)13-11(5-7-14)9-16-4/h10-14H,5-9H2,1-4H3. The third kappa shape index (κ3) is 7.17. The molecule has 2 atom stereocenters. The van der Waals surface area contributed by atoms with E-state index in [0.717, 1.165) is 19.4 Å². The fraction of sp³-hybridized carbons (Fsp3) is 1.00. The molecule has 0 saturated carbocycles. The molecule has 0 aromatic heterocycles. The smallest absolute Gasteiger partial charge is 0.0616 e. The van der Waals surface area contributed by atoms with Crippen molar-refractivity contribution >= 4 is 0 Å². The zero-order valence-corrected chi connectivity index (χ0v) is 11.0. The second kappa shape index (κ2) is 10.0. The maximum absolute atomic E-state index is 8.97. The van der Waals surface area contributed by atoms with E-state index in [1.807, 2.05) is 0 Å². The molecule has 4 nitrogen and oxygen atoms in total. The van der Waals surface area contributed by atoms with Crippen LogP contribution in [0.5, 0.6) is 0 Å². The Morgan fingerprint density at radius 1 is 1.12 bits per heavy atom. The van der Waals surface area contributed by atoms with Crippen LogP contribution in [-0.2, 0) is 9.47 Å². The summed E-state index contributed by atoms with van der Waals surface area (Å²) >= 11 is 0. The van der Waals surface area contributed by atoms with Crippen molar-refractivity contribution in [2.75, 3.05) is 34.0 Å². The Balaban J connectivity index is 4.09. The van der Waals surface area contributed by atoms with Crippen molar-refractivity contribution in [2.45, 2.75) is 38.8 Å². The van der Waals surface area contributed by atoms with Gasteiger partial charge in [-0.25, -0.2) is 0 Å². The zero-order valence-electron chi connectivity index (χ0n) is 11.0. The molecule has 0 saturated heterocycles. The molecule has 0 fully saturated rings. The molecule has 0 heterocycles. The summed E-state index contributed by atoms with van der Waals surface area (Å²) < 4.78 is 10.2. The summed E-state index contributed by atoms with van der Waals surface area (Å²) in [6.07, 6.45) is 1.71. The van der Waals surface area contributed by atoms with Gasteiger partial charge in [0.15, 0.2) is 0 Å². The summed E-state index contributed by atoms with van der Waals surface area (Å²) in [4.78, 5) is 0. The molecule has 0 radical (unpaired) electrons. The van der Waals surface area contributed by atoms with Gasteiger partial charge in [-0.2, -0.15) is 0 Å². The van der Waals surface area contributed by atoms with Gasteiger partial charge in [-0.1, -0.05) is 13.8 Å². The summed E-state index contributed by atoms with van der Waals surface area (Å²) in [7, 11) is 3.41. The number of aliphatic hydroxyl groups is 1. The molecule has 4 heteroatoms. The second-order valence-corrected chi connectivity index (χ2v) is 4.46. The maximum Gasteiger partial charge on any atom is 0.0616 e. The molecule has 0 aliphatic carbocycles. The van der Waals surface area contributed by atoms with Gasteiger partial charge in [-0.3, -0.25) is 0 Å². The van der Waals surface area contributed by atoms with Gasteiger partial charge in [0.2, 0.25) is 0 Å². The predicted molar refractivity (Wildman–Crippen MR) is 65.6 cm³/mol. The molecule has 0 aromatic rings. The number of aliphatic hydroxyl groups excluding tert-OH is 1. The van der Waals surface area contributed by atoms with E-state index >= 15 is 0 Å². The van der Waals surface area contributed by atoms with Crippen molar-refractivity contribution in [3.8, 4) is 0 Å². The molecule has 98 valence electrons. The zero-order chi connectivity index (χ0) is 12.4. The highest BCUT2D eigenvalue weighted by Crippen LogP contribution is 2.08. The second-order valence-electron chi connectivity index (χ2n) is 4.46. The Bertz CT molecular complexity index is 147. The molecular formula is C12H27NO3. The molecule has 0 aliphatic heterocycles. The first-order chi connectivity index (χ1) is 7.65. The van der Waals surface area contributed by atoms with Crippen LogP contribution in [0.25, 0.3) is 0 Å². The van der Waals surface area contributed by atoms with Gasteiger partial charge >= 0.3 is 0 Å². The lowest BCUT2D eigenvalue weighted by Gasteiger charge is -2.27. The Hall–Kier alpha value is -0.160. The highest BCUT2D eigenvalue weighted by Gasteiger charge is 2.17. The number of ether oxygens (including phenoxy) is 2. The van der Waals surface area contributed by atoms with E-state index in [2.05, 4.69) is 19.2 Å². The minimum absolute atomic E-state index is 0.191. The average molecular weight is 233 g/mol. The summed E-state index contributed by atoms with van der Waals surface area (Å²) in [6, 6.07) is 0.630. The van der Waals surface area contributed by atoms with Crippen LogP contribution in [0.3, 0.4) is 0 Å². The van der Waals surface area contributed by atoms with Gasteiger partial charge in [0.05, 0.1) is 6.61 Å². The van der Waals surface area contributed by atoms with Crippen LogP contribution < -0.4 is 5.32 Å². The minimum atomic E-state index is 0.191. The lowest BCUT2D eigenvalue weighted by molar-refractivity contribution is 0.125. The van der Waals surface area contributed by atoms with Gasteiger partial charge in [-0.15, -0.1) is 0 Å². The van der Waals surface area contributed by atoms with Gasteiger partial charge in [-0.05, 0) is 18.8 Å². The van der Waals surface area contributed by atoms with Crippen molar-refractivity contribution in [3.05, 3.63) is 0 Å². The normalized spacial score (nSPS) is 15.4. The van der Waals surface area contributed by atoms with Crippen LogP contribution in [-0.4, -0.2) is 51.2 Å². The number of hydrogen-bond acceptors (Lipinski definition) is 4. The molecule has 0 aliphatic rings. The largest absolute Gasteiger partial charge is 0.396 e. The van der Waals surface area contributed by atoms with Gasteiger partial charge < -0.3 is 19.9 Å². The van der Waals surface area contributed by atoms with Gasteiger partial charge in [0.25, 0.3) is 0 Å². The fourth-order valence-corrected chi connectivity index (χ4v) is 1.73. The first-order valence-electron chi connectivity index (χ1n) is 6.00. The maximum atomic E-state index is 8.97. The van der Waals surface area contributed by atoms with E-state index in [1.165, 1.54) is 0 Å². The number of methoxy groups -OCH3 is 2. The molecule has 0 rings (SSSR count). The predicted octanol–water partition coefficient (Wildman–Crippen LogP) is 1.03. The van der Waals surface area contributed by atoms with E-state index in [4.69, 9.17) is 14.6 Å². The van der Waals surface area contributed by atoms with E-state index in [0.29, 0.717) is 18.6 Å². The van der Waals surface area contributed by atoms with E-state index in [9.17, 15) is 0 Å². The van der Waals surface area contributed by atoms with Crippen LogP contribution >= 0.6 is 0 Å². The molecular weight excluding hydrogens is 206 g/mol. The van der Waals surface area contributed by atoms with Crippen molar-refractivity contribution < 1.29 is 14.6 Å². The third-order valence-electron chi connectivity index (χ3n) is 2.73. The molecule has 2 unspecified atom stereocenters. The molecule has 0 spiro atoms. The molecule has 16 heavy (non-hydrogen) atoms. The summed E-state index contributed by atoms with van der Waals surface area (Å²) in [5, 5.41) is 12.5. The minimum Gasteiger partial charge on any atom is -0.396 e. The molecule has 0 amide bonds. The Kier molecular flexibility index (Phi) is 9.92. The topological polar surface area (TPSA) is 50.7 Å². The van der Waals surface area contributed by atoms with Crippen molar-refractivity contribution in [3.63, 3.8) is 0 Å². The highest BCUT2D eigenvalue weighted by atomic mass is 16.5. The van der Waals surface area contributed by atoms with Gasteiger partial charge in [0.1, 0.15) is 0 Å². The van der Waals surface area contributed by atoms with Crippen molar-refractivity contribution in [1.29, 1.82) is 0 Å². The molecule has 2 N–H and O–H groups in total. The highest BCUT2D eigenvalue weighted by molar-refractivity contribution is 4.76. The number of hydrogen-bond donors (Lipinski definition) is 2. The van der Waals surface area contributed by atoms with Crippen LogP contribution in [0, 0.1) is 5.92 Å². The van der Waals surface area contributed by atoms with Crippen LogP contribution in [0.1, 0.15) is 26.7 Å². The van der Waals surface area contributed by atoms with Gasteiger partial charge in [0, 0.05) is 39.5 Å². The fourth-order valence-electron chi connectivity index (χ4n) is 1.73. The van der Waals surface area contributed by atoms with Crippen LogP contribution in [0.2, 0.25) is 0 Å². The SMILES string of the molecule is COCCC(NC(CCO)COC)C(C)C. The summed E-state index contributed by atoms with van der Waals surface area (Å²) in [6.45, 7) is 5.97. The molecule has 0 aromatic carbocycles. The van der Waals surface area contributed by atoms with Crippen LogP contribution in [0.15, 0.2) is 0 Å². The van der Waals surface area contributed by atoms with E-state index in [1.54, 1.807) is 14.2 Å². The van der Waals surface area contributed by atoms with E-state index in [-0.39, 0.29) is 12.6 Å². The third-order valence-corrected chi connectivity index (χ3v) is 2.73. The average Bonchev–Trinajstić information content (AvgIpc) is 2.24. The Morgan fingerprint density at radius 3 is 2.25 bits per heavy atom. The Morgan fingerprint density at radius 2 is 1.81 bits per heavy atom. The lowest BCUT2D eigenvalue weighted by Crippen LogP contribution is -2.44. The first kappa shape index (κ1) is 15.8. The number of nitrogens with one attached hydrogen (secondary N) is 1. The van der Waals surface area contributed by atoms with E-state index < -0.39 is 0 Å². The first-order valence-corrected chi connectivity index (χ1v) is 6.00. The Labute approximate surface area is 99.3 Å².